The number of aromatic nitrogens is 2. The number of aliphatic hydroxyl groups is 1. The van der Waals surface area contributed by atoms with Crippen molar-refractivity contribution in [3.8, 4) is 5.69 Å². The number of amides is 1. The highest BCUT2D eigenvalue weighted by atomic mass is 16.3. The lowest BCUT2D eigenvalue weighted by Gasteiger charge is -2.13. The molecule has 0 unspecified atom stereocenters. The summed E-state index contributed by atoms with van der Waals surface area (Å²) in [5.74, 6) is 0.165. The zero-order valence-electron chi connectivity index (χ0n) is 12.2. The smallest absolute Gasteiger partial charge is 0.224 e. The second-order valence-corrected chi connectivity index (χ2v) is 5.53. The van der Waals surface area contributed by atoms with Gasteiger partial charge in [-0.2, -0.15) is 5.10 Å². The minimum atomic E-state index is 0.0000731. The quantitative estimate of drug-likeness (QED) is 0.821. The predicted molar refractivity (Wildman–Crippen MR) is 83.5 cm³/mol. The van der Waals surface area contributed by atoms with Crippen molar-refractivity contribution < 1.29 is 9.90 Å². The van der Waals surface area contributed by atoms with E-state index in [4.69, 9.17) is 5.11 Å². The van der Waals surface area contributed by atoms with Gasteiger partial charge in [-0.05, 0) is 30.2 Å². The molecule has 2 aromatic rings. The number of rotatable bonds is 5. The van der Waals surface area contributed by atoms with E-state index in [2.05, 4.69) is 10.4 Å². The van der Waals surface area contributed by atoms with E-state index in [0.29, 0.717) is 6.42 Å². The Morgan fingerprint density at radius 1 is 1.32 bits per heavy atom. The largest absolute Gasteiger partial charge is 0.396 e. The average Bonchev–Trinajstić information content (AvgIpc) is 3.19. The van der Waals surface area contributed by atoms with Gasteiger partial charge in [-0.1, -0.05) is 24.3 Å². The number of nitrogens with one attached hydrogen (secondary N) is 1. The SMILES string of the molecule is O=C(Cc1ccc(-n2cccn2)cc1)N[C@@H]1C=C[C@H](CO)C1. The molecule has 0 fully saturated rings. The lowest BCUT2D eigenvalue weighted by molar-refractivity contribution is -0.120. The summed E-state index contributed by atoms with van der Waals surface area (Å²) in [7, 11) is 0. The van der Waals surface area contributed by atoms with Crippen molar-refractivity contribution in [2.75, 3.05) is 6.61 Å². The molecule has 114 valence electrons. The van der Waals surface area contributed by atoms with Crippen molar-refractivity contribution in [2.45, 2.75) is 18.9 Å². The first-order chi connectivity index (χ1) is 10.7. The van der Waals surface area contributed by atoms with E-state index < -0.39 is 0 Å². The van der Waals surface area contributed by atoms with Crippen LogP contribution in [0.15, 0.2) is 54.9 Å². The minimum Gasteiger partial charge on any atom is -0.396 e. The Balaban J connectivity index is 1.55. The molecule has 0 radical (unpaired) electrons. The van der Waals surface area contributed by atoms with Crippen LogP contribution in [0, 0.1) is 5.92 Å². The van der Waals surface area contributed by atoms with Crippen LogP contribution in [0.3, 0.4) is 0 Å². The highest BCUT2D eigenvalue weighted by Gasteiger charge is 2.19. The summed E-state index contributed by atoms with van der Waals surface area (Å²) in [5.41, 5.74) is 1.94. The van der Waals surface area contributed by atoms with E-state index in [1.807, 2.05) is 48.7 Å². The minimum absolute atomic E-state index is 0.0000731. The Labute approximate surface area is 129 Å². The molecule has 22 heavy (non-hydrogen) atoms. The van der Waals surface area contributed by atoms with E-state index in [0.717, 1.165) is 17.7 Å². The molecular weight excluding hydrogens is 278 g/mol. The lowest BCUT2D eigenvalue weighted by Crippen LogP contribution is -2.34. The number of hydrogen-bond acceptors (Lipinski definition) is 3. The molecule has 0 spiro atoms. The highest BCUT2D eigenvalue weighted by molar-refractivity contribution is 5.79. The third-order valence-corrected chi connectivity index (χ3v) is 3.82. The first kappa shape index (κ1) is 14.5. The van der Waals surface area contributed by atoms with Gasteiger partial charge >= 0.3 is 0 Å². The van der Waals surface area contributed by atoms with Crippen molar-refractivity contribution in [3.05, 3.63) is 60.4 Å². The number of benzene rings is 1. The summed E-state index contributed by atoms with van der Waals surface area (Å²) in [4.78, 5) is 12.1. The maximum atomic E-state index is 12.1. The van der Waals surface area contributed by atoms with Crippen LogP contribution in [0.25, 0.3) is 5.69 Å². The molecule has 1 heterocycles. The average molecular weight is 297 g/mol. The van der Waals surface area contributed by atoms with Crippen molar-refractivity contribution in [3.63, 3.8) is 0 Å². The molecule has 5 nitrogen and oxygen atoms in total. The van der Waals surface area contributed by atoms with Crippen LogP contribution >= 0.6 is 0 Å². The molecule has 1 aromatic heterocycles. The predicted octanol–water partition coefficient (Wildman–Crippen LogP) is 1.47. The first-order valence-electron chi connectivity index (χ1n) is 7.42. The van der Waals surface area contributed by atoms with Gasteiger partial charge < -0.3 is 10.4 Å². The zero-order chi connectivity index (χ0) is 15.4. The van der Waals surface area contributed by atoms with Crippen molar-refractivity contribution in [1.82, 2.24) is 15.1 Å². The molecule has 1 aliphatic rings. The Morgan fingerprint density at radius 3 is 2.77 bits per heavy atom. The normalized spacial score (nSPS) is 20.2. The maximum Gasteiger partial charge on any atom is 0.224 e. The van der Waals surface area contributed by atoms with Gasteiger partial charge in [0.2, 0.25) is 5.91 Å². The van der Waals surface area contributed by atoms with Crippen LogP contribution in [-0.4, -0.2) is 33.4 Å². The van der Waals surface area contributed by atoms with E-state index in [9.17, 15) is 4.79 Å². The number of aliphatic hydroxyl groups excluding tert-OH is 1. The van der Waals surface area contributed by atoms with Gasteiger partial charge in [0.1, 0.15) is 0 Å². The van der Waals surface area contributed by atoms with E-state index in [1.54, 1.807) is 10.9 Å². The van der Waals surface area contributed by atoms with Crippen LogP contribution in [0.4, 0.5) is 0 Å². The lowest BCUT2D eigenvalue weighted by atomic mass is 10.1. The van der Waals surface area contributed by atoms with Gasteiger partial charge in [0, 0.05) is 31.0 Å². The molecule has 2 atom stereocenters. The standard InChI is InChI=1S/C17H19N3O2/c21-12-14-2-5-15(10-14)19-17(22)11-13-3-6-16(7-4-13)20-9-1-8-18-20/h1-9,14-15,21H,10-12H2,(H,19,22)/t14-,15+/m0/s1. The van der Waals surface area contributed by atoms with E-state index in [-0.39, 0.29) is 24.5 Å². The monoisotopic (exact) mass is 297 g/mol. The fourth-order valence-corrected chi connectivity index (χ4v) is 2.65. The van der Waals surface area contributed by atoms with Crippen LogP contribution in [0.5, 0.6) is 0 Å². The Morgan fingerprint density at radius 2 is 2.14 bits per heavy atom. The zero-order valence-corrected chi connectivity index (χ0v) is 12.2. The topological polar surface area (TPSA) is 67.2 Å². The molecule has 1 aromatic carbocycles. The summed E-state index contributed by atoms with van der Waals surface area (Å²) in [5, 5.41) is 16.2. The van der Waals surface area contributed by atoms with Gasteiger partial charge in [0.05, 0.1) is 12.1 Å². The van der Waals surface area contributed by atoms with Crippen molar-refractivity contribution in [1.29, 1.82) is 0 Å². The van der Waals surface area contributed by atoms with Crippen molar-refractivity contribution >= 4 is 5.91 Å². The molecule has 1 amide bonds. The molecule has 0 saturated carbocycles. The van der Waals surface area contributed by atoms with Crippen molar-refractivity contribution in [2.24, 2.45) is 5.92 Å². The number of hydrogen-bond donors (Lipinski definition) is 2. The fourth-order valence-electron chi connectivity index (χ4n) is 2.65. The van der Waals surface area contributed by atoms with Crippen LogP contribution in [0.1, 0.15) is 12.0 Å². The third-order valence-electron chi connectivity index (χ3n) is 3.82. The molecule has 0 saturated heterocycles. The summed E-state index contributed by atoms with van der Waals surface area (Å²) in [6.45, 7) is 0.137. The Kier molecular flexibility index (Phi) is 4.34. The Hall–Kier alpha value is -2.40. The molecule has 0 bridgehead atoms. The van der Waals surface area contributed by atoms with Gasteiger partial charge in [-0.3, -0.25) is 4.79 Å². The molecule has 1 aliphatic carbocycles. The molecule has 0 aliphatic heterocycles. The van der Waals surface area contributed by atoms with Gasteiger partial charge in [0.25, 0.3) is 0 Å². The second-order valence-electron chi connectivity index (χ2n) is 5.53. The van der Waals surface area contributed by atoms with Crippen LogP contribution in [0.2, 0.25) is 0 Å². The van der Waals surface area contributed by atoms with Gasteiger partial charge in [-0.25, -0.2) is 4.68 Å². The summed E-state index contributed by atoms with van der Waals surface area (Å²) >= 11 is 0. The van der Waals surface area contributed by atoms with Gasteiger partial charge in [-0.15, -0.1) is 0 Å². The third kappa shape index (κ3) is 3.43. The van der Waals surface area contributed by atoms with E-state index >= 15 is 0 Å². The van der Waals surface area contributed by atoms with Gasteiger partial charge in [0.15, 0.2) is 0 Å². The second kappa shape index (κ2) is 6.58. The maximum absolute atomic E-state index is 12.1. The Bertz CT molecular complexity index is 647. The number of carbonyl (C=O) groups excluding carboxylic acids is 1. The highest BCUT2D eigenvalue weighted by Crippen LogP contribution is 2.17. The molecule has 2 N–H and O–H groups in total. The van der Waals surface area contributed by atoms with E-state index in [1.165, 1.54) is 0 Å². The van der Waals surface area contributed by atoms with Crippen LogP contribution in [-0.2, 0) is 11.2 Å². The first-order valence-corrected chi connectivity index (χ1v) is 7.42. The summed E-state index contributed by atoms with van der Waals surface area (Å²) in [6, 6.07) is 9.69. The summed E-state index contributed by atoms with van der Waals surface area (Å²) in [6.07, 6.45) is 8.67. The number of nitrogens with zero attached hydrogens (tertiary/aromatic N) is 2. The molecule has 5 heteroatoms. The van der Waals surface area contributed by atoms with Crippen LogP contribution < -0.4 is 5.32 Å². The summed E-state index contributed by atoms with van der Waals surface area (Å²) < 4.78 is 1.78. The fraction of sp³-hybridized carbons (Fsp3) is 0.294. The number of carbonyl (C=O) groups is 1. The molecule has 3 rings (SSSR count). The molecular formula is C17H19N3O2.